The van der Waals surface area contributed by atoms with E-state index in [-0.39, 0.29) is 18.1 Å². The quantitative estimate of drug-likeness (QED) is 0.856. The Bertz CT molecular complexity index is 481. The van der Waals surface area contributed by atoms with Gasteiger partial charge in [-0.1, -0.05) is 24.3 Å². The second-order valence-corrected chi connectivity index (χ2v) is 5.02. The highest BCUT2D eigenvalue weighted by molar-refractivity contribution is 5.78. The molecule has 0 heterocycles. The van der Waals surface area contributed by atoms with Crippen LogP contribution >= 0.6 is 0 Å². The molecular weight excluding hydrogens is 245 g/mol. The van der Waals surface area contributed by atoms with Crippen LogP contribution in [0.2, 0.25) is 0 Å². The molecule has 0 spiro atoms. The van der Waals surface area contributed by atoms with Gasteiger partial charge in [-0.2, -0.15) is 0 Å². The fourth-order valence-electron chi connectivity index (χ4n) is 2.01. The van der Waals surface area contributed by atoms with Crippen molar-refractivity contribution in [3.63, 3.8) is 0 Å². The maximum atomic E-state index is 12.9. The summed E-state index contributed by atoms with van der Waals surface area (Å²) in [7, 11) is 0. The number of nitrogens with one attached hydrogen (secondary N) is 1. The lowest BCUT2D eigenvalue weighted by molar-refractivity contribution is -0.122. The van der Waals surface area contributed by atoms with E-state index in [4.69, 9.17) is 0 Å². The highest BCUT2D eigenvalue weighted by atomic mass is 19.1. The number of carbonyl (C=O) groups is 1. The minimum atomic E-state index is -0.693. The van der Waals surface area contributed by atoms with Gasteiger partial charge in [-0.15, -0.1) is 0 Å². The number of hydrogen-bond acceptors (Lipinski definition) is 2. The third-order valence-electron chi connectivity index (χ3n) is 3.36. The highest BCUT2D eigenvalue weighted by Gasteiger charge is 2.34. The normalized spacial score (nSPS) is 17.2. The largest absolute Gasteiger partial charge is 0.388 e. The van der Waals surface area contributed by atoms with E-state index in [1.165, 1.54) is 12.1 Å². The van der Waals surface area contributed by atoms with Crippen molar-refractivity contribution in [2.24, 2.45) is 0 Å². The van der Waals surface area contributed by atoms with Crippen LogP contribution < -0.4 is 5.32 Å². The van der Waals surface area contributed by atoms with Crippen LogP contribution in [0, 0.1) is 5.82 Å². The van der Waals surface area contributed by atoms with E-state index in [0.717, 1.165) is 24.8 Å². The van der Waals surface area contributed by atoms with Crippen LogP contribution in [-0.2, 0) is 4.79 Å². The number of amides is 1. The zero-order valence-corrected chi connectivity index (χ0v) is 10.7. The minimum Gasteiger partial charge on any atom is -0.388 e. The fraction of sp³-hybridized carbons (Fsp3) is 0.400. The third-order valence-corrected chi connectivity index (χ3v) is 3.36. The molecule has 1 aromatic carbocycles. The van der Waals surface area contributed by atoms with Gasteiger partial charge in [0.2, 0.25) is 5.91 Å². The first kappa shape index (κ1) is 13.7. The molecule has 0 radical (unpaired) electrons. The Labute approximate surface area is 112 Å². The molecule has 4 heteroatoms. The van der Waals surface area contributed by atoms with Gasteiger partial charge >= 0.3 is 0 Å². The first-order chi connectivity index (χ1) is 9.07. The summed E-state index contributed by atoms with van der Waals surface area (Å²) in [6.45, 7) is 0.319. The van der Waals surface area contributed by atoms with Crippen molar-refractivity contribution in [1.29, 1.82) is 0 Å². The van der Waals surface area contributed by atoms with Gasteiger partial charge in [0.1, 0.15) is 5.82 Å². The predicted octanol–water partition coefficient (Wildman–Crippen LogP) is 2.26. The molecule has 3 nitrogen and oxygen atoms in total. The topological polar surface area (TPSA) is 49.3 Å². The number of benzene rings is 1. The predicted molar refractivity (Wildman–Crippen MR) is 71.9 cm³/mol. The summed E-state index contributed by atoms with van der Waals surface area (Å²) in [5, 5.41) is 12.5. The average molecular weight is 263 g/mol. The Kier molecular flexibility index (Phi) is 4.32. The molecule has 0 aliphatic heterocycles. The van der Waals surface area contributed by atoms with Gasteiger partial charge < -0.3 is 10.4 Å². The molecule has 1 amide bonds. The number of carbonyl (C=O) groups excluding carboxylic acids is 1. The van der Waals surface area contributed by atoms with Gasteiger partial charge in [0.25, 0.3) is 0 Å². The molecule has 1 aliphatic rings. The Hall–Kier alpha value is -1.68. The molecular formula is C15H18FNO2. The molecule has 0 bridgehead atoms. The van der Waals surface area contributed by atoms with Crippen LogP contribution in [0.15, 0.2) is 30.3 Å². The van der Waals surface area contributed by atoms with Crippen molar-refractivity contribution in [2.45, 2.75) is 31.3 Å². The molecule has 0 saturated heterocycles. The zero-order valence-electron chi connectivity index (χ0n) is 10.7. The number of rotatable bonds is 5. The molecule has 102 valence electrons. The summed E-state index contributed by atoms with van der Waals surface area (Å²) in [5.41, 5.74) is 0.0347. The Morgan fingerprint density at radius 2 is 2.26 bits per heavy atom. The first-order valence-corrected chi connectivity index (χ1v) is 6.49. The van der Waals surface area contributed by atoms with Crippen LogP contribution in [0.25, 0.3) is 6.08 Å². The number of halogens is 1. The zero-order chi connectivity index (χ0) is 13.7. The molecule has 0 atom stereocenters. The van der Waals surface area contributed by atoms with Gasteiger partial charge in [0, 0.05) is 13.0 Å². The highest BCUT2D eigenvalue weighted by Crippen LogP contribution is 2.30. The van der Waals surface area contributed by atoms with E-state index in [9.17, 15) is 14.3 Å². The van der Waals surface area contributed by atoms with E-state index in [1.807, 2.05) is 0 Å². The Morgan fingerprint density at radius 3 is 2.89 bits per heavy atom. The fourth-order valence-corrected chi connectivity index (χ4v) is 2.01. The van der Waals surface area contributed by atoms with Crippen LogP contribution in [0.3, 0.4) is 0 Å². The summed E-state index contributed by atoms with van der Waals surface area (Å²) in [6, 6.07) is 6.19. The van der Waals surface area contributed by atoms with Crippen LogP contribution in [0.5, 0.6) is 0 Å². The average Bonchev–Trinajstić information content (AvgIpc) is 2.34. The van der Waals surface area contributed by atoms with E-state index in [0.29, 0.717) is 6.54 Å². The van der Waals surface area contributed by atoms with E-state index in [2.05, 4.69) is 5.32 Å². The number of aliphatic hydroxyl groups is 1. The van der Waals surface area contributed by atoms with Crippen molar-refractivity contribution >= 4 is 12.0 Å². The first-order valence-electron chi connectivity index (χ1n) is 6.49. The summed E-state index contributed by atoms with van der Waals surface area (Å²) in [4.78, 5) is 11.5. The second-order valence-electron chi connectivity index (χ2n) is 5.02. The van der Waals surface area contributed by atoms with Crippen molar-refractivity contribution in [3.05, 3.63) is 41.7 Å². The van der Waals surface area contributed by atoms with Gasteiger partial charge in [0.15, 0.2) is 0 Å². The van der Waals surface area contributed by atoms with Crippen molar-refractivity contribution in [2.75, 3.05) is 6.54 Å². The Balaban J connectivity index is 1.74. The monoisotopic (exact) mass is 263 g/mol. The third kappa shape index (κ3) is 4.17. The van der Waals surface area contributed by atoms with Gasteiger partial charge in [-0.05, 0) is 37.0 Å². The van der Waals surface area contributed by atoms with E-state index in [1.54, 1.807) is 24.3 Å². The van der Waals surface area contributed by atoms with Gasteiger partial charge in [-0.3, -0.25) is 4.79 Å². The van der Waals surface area contributed by atoms with E-state index < -0.39 is 5.60 Å². The summed E-state index contributed by atoms with van der Waals surface area (Å²) < 4.78 is 12.9. The number of hydrogen-bond donors (Lipinski definition) is 2. The molecule has 1 saturated carbocycles. The minimum absolute atomic E-state index is 0.132. The molecule has 0 aromatic heterocycles. The SMILES string of the molecule is O=C(CC=Cc1cccc(F)c1)NCC1(O)CCC1. The molecule has 2 rings (SSSR count). The second kappa shape index (κ2) is 5.97. The molecule has 2 N–H and O–H groups in total. The lowest BCUT2D eigenvalue weighted by atomic mass is 9.80. The summed E-state index contributed by atoms with van der Waals surface area (Å²) in [5.74, 6) is -0.424. The smallest absolute Gasteiger partial charge is 0.223 e. The van der Waals surface area contributed by atoms with Gasteiger partial charge in [-0.25, -0.2) is 4.39 Å². The van der Waals surface area contributed by atoms with Crippen molar-refractivity contribution in [3.8, 4) is 0 Å². The summed E-state index contributed by atoms with van der Waals surface area (Å²) >= 11 is 0. The van der Waals surface area contributed by atoms with Crippen LogP contribution in [-0.4, -0.2) is 23.2 Å². The lowest BCUT2D eigenvalue weighted by Gasteiger charge is -2.36. The molecule has 1 fully saturated rings. The summed E-state index contributed by atoms with van der Waals surface area (Å²) in [6.07, 6.45) is 6.16. The van der Waals surface area contributed by atoms with Crippen molar-refractivity contribution in [1.82, 2.24) is 5.32 Å². The van der Waals surface area contributed by atoms with Gasteiger partial charge in [0.05, 0.1) is 5.60 Å². The lowest BCUT2D eigenvalue weighted by Crippen LogP contribution is -2.47. The van der Waals surface area contributed by atoms with Crippen LogP contribution in [0.1, 0.15) is 31.2 Å². The maximum Gasteiger partial charge on any atom is 0.223 e. The van der Waals surface area contributed by atoms with Crippen LogP contribution in [0.4, 0.5) is 4.39 Å². The van der Waals surface area contributed by atoms with E-state index >= 15 is 0 Å². The maximum absolute atomic E-state index is 12.9. The molecule has 1 aromatic rings. The molecule has 0 unspecified atom stereocenters. The molecule has 19 heavy (non-hydrogen) atoms. The standard InChI is InChI=1S/C15H18FNO2/c16-13-6-1-4-12(10-13)5-2-7-14(18)17-11-15(19)8-3-9-15/h1-2,4-6,10,19H,3,7-9,11H2,(H,17,18). The van der Waals surface area contributed by atoms with Crippen molar-refractivity contribution < 1.29 is 14.3 Å². The Morgan fingerprint density at radius 1 is 1.47 bits per heavy atom. The molecule has 1 aliphatic carbocycles.